The molecule has 0 bridgehead atoms. The zero-order chi connectivity index (χ0) is 17.4. The van der Waals surface area contributed by atoms with E-state index in [1.54, 1.807) is 12.1 Å². The van der Waals surface area contributed by atoms with E-state index in [4.69, 9.17) is 23.2 Å². The monoisotopic (exact) mass is 362 g/mol. The van der Waals surface area contributed by atoms with Gasteiger partial charge in [0.1, 0.15) is 0 Å². The first-order valence-corrected chi connectivity index (χ1v) is 6.79. The van der Waals surface area contributed by atoms with E-state index in [9.17, 15) is 14.4 Å². The first-order valence-electron chi connectivity index (χ1n) is 6.03. The van der Waals surface area contributed by atoms with Gasteiger partial charge >= 0.3 is 12.1 Å². The summed E-state index contributed by atoms with van der Waals surface area (Å²) in [7, 11) is 2.87. The maximum atomic E-state index is 11.6. The van der Waals surface area contributed by atoms with Gasteiger partial charge in [0.2, 0.25) is 12.0 Å². The Kier molecular flexibility index (Phi) is 7.30. The van der Waals surface area contributed by atoms with E-state index in [2.05, 4.69) is 19.5 Å². The first-order chi connectivity index (χ1) is 10.8. The van der Waals surface area contributed by atoms with E-state index in [0.717, 1.165) is 4.90 Å². The van der Waals surface area contributed by atoms with Gasteiger partial charge in [-0.15, -0.1) is 0 Å². The predicted octanol–water partition coefficient (Wildman–Crippen LogP) is 2.25. The molecule has 0 aliphatic carbocycles. The highest BCUT2D eigenvalue weighted by molar-refractivity contribution is 6.82. The molecule has 10 heteroatoms. The van der Waals surface area contributed by atoms with E-state index in [1.807, 2.05) is 0 Å². The fourth-order valence-electron chi connectivity index (χ4n) is 1.16. The highest BCUT2D eigenvalue weighted by Gasteiger charge is 2.15. The molecule has 0 unspecified atom stereocenters. The summed E-state index contributed by atoms with van der Waals surface area (Å²) in [6.45, 7) is -0.725. The third kappa shape index (κ3) is 6.13. The number of oxime groups is 1. The lowest BCUT2D eigenvalue weighted by molar-refractivity contribution is -0.121. The molecule has 23 heavy (non-hydrogen) atoms. The fourth-order valence-corrected chi connectivity index (χ4v) is 1.58. The molecule has 1 aromatic carbocycles. The van der Waals surface area contributed by atoms with Crippen LogP contribution >= 0.6 is 23.2 Å². The molecule has 0 saturated heterocycles. The van der Waals surface area contributed by atoms with Gasteiger partial charge < -0.3 is 14.4 Å². The number of hydrogen-bond donors (Lipinski definition) is 0. The van der Waals surface area contributed by atoms with Gasteiger partial charge in [0.15, 0.2) is 0 Å². The third-order valence-corrected chi connectivity index (χ3v) is 2.80. The smallest absolute Gasteiger partial charge is 0.424 e. The van der Waals surface area contributed by atoms with Crippen LogP contribution in [-0.4, -0.2) is 49.0 Å². The Labute approximate surface area is 141 Å². The minimum Gasteiger partial charge on any atom is -0.424 e. The number of carbonyl (C=O) groups excluding carboxylic acids is 3. The molecular formula is C13H12Cl2N2O6. The number of carbonyl (C=O) groups is 3. The van der Waals surface area contributed by atoms with Crippen LogP contribution in [0.4, 0.5) is 4.79 Å². The SMILES string of the molecule is CN(C)C(=O)/C(Cl)=N/OC(=O)OCOC(=O)c1ccccc1Cl. The number of ether oxygens (including phenoxy) is 2. The van der Waals surface area contributed by atoms with Crippen molar-refractivity contribution in [2.75, 3.05) is 20.9 Å². The zero-order valence-corrected chi connectivity index (χ0v) is 13.6. The van der Waals surface area contributed by atoms with Crippen LogP contribution < -0.4 is 0 Å². The molecule has 0 aromatic heterocycles. The van der Waals surface area contributed by atoms with Crippen LogP contribution in [-0.2, 0) is 19.1 Å². The number of halogens is 2. The largest absolute Gasteiger partial charge is 0.538 e. The van der Waals surface area contributed by atoms with E-state index in [-0.39, 0.29) is 10.6 Å². The van der Waals surface area contributed by atoms with E-state index >= 15 is 0 Å². The molecule has 0 spiro atoms. The molecule has 124 valence electrons. The minimum absolute atomic E-state index is 0.115. The molecule has 0 heterocycles. The van der Waals surface area contributed by atoms with Crippen molar-refractivity contribution in [1.82, 2.24) is 4.90 Å². The minimum atomic E-state index is -1.30. The third-order valence-electron chi connectivity index (χ3n) is 2.24. The molecule has 0 radical (unpaired) electrons. The lowest BCUT2D eigenvalue weighted by atomic mass is 10.2. The molecular weight excluding hydrogens is 351 g/mol. The summed E-state index contributed by atoms with van der Waals surface area (Å²) in [5, 5.41) is 2.69. The standard InChI is InChI=1S/C13H12Cl2N2O6/c1-17(2)11(18)10(15)16-23-13(20)22-7-21-12(19)8-5-3-4-6-9(8)14/h3-6H,7H2,1-2H3/b16-10-. The van der Waals surface area contributed by atoms with Gasteiger partial charge in [0, 0.05) is 14.1 Å². The second kappa shape index (κ2) is 8.96. The molecule has 0 aliphatic heterocycles. The van der Waals surface area contributed by atoms with Crippen molar-refractivity contribution in [3.63, 3.8) is 0 Å². The Morgan fingerprint density at radius 1 is 1.17 bits per heavy atom. The number of benzene rings is 1. The predicted molar refractivity (Wildman–Crippen MR) is 81.3 cm³/mol. The van der Waals surface area contributed by atoms with Crippen LogP contribution in [0.1, 0.15) is 10.4 Å². The topological polar surface area (TPSA) is 94.5 Å². The van der Waals surface area contributed by atoms with Crippen molar-refractivity contribution in [1.29, 1.82) is 0 Å². The van der Waals surface area contributed by atoms with Crippen molar-refractivity contribution < 1.29 is 28.7 Å². The van der Waals surface area contributed by atoms with Gasteiger partial charge in [-0.05, 0) is 12.1 Å². The lowest BCUT2D eigenvalue weighted by Gasteiger charge is -2.07. The normalized spacial score (nSPS) is 10.7. The van der Waals surface area contributed by atoms with Crippen molar-refractivity contribution in [3.05, 3.63) is 34.9 Å². The van der Waals surface area contributed by atoms with Crippen molar-refractivity contribution in [2.45, 2.75) is 0 Å². The number of esters is 1. The molecule has 1 aromatic rings. The summed E-state index contributed by atoms with van der Waals surface area (Å²) in [6, 6.07) is 6.19. The second-order valence-corrected chi connectivity index (χ2v) is 4.86. The first kappa shape index (κ1) is 18.7. The van der Waals surface area contributed by atoms with E-state index < -0.39 is 30.0 Å². The fraction of sp³-hybridized carbons (Fsp3) is 0.231. The number of amides is 1. The average Bonchev–Trinajstić information content (AvgIpc) is 2.51. The molecule has 0 N–H and O–H groups in total. The molecule has 1 amide bonds. The van der Waals surface area contributed by atoms with Gasteiger partial charge in [-0.2, -0.15) is 0 Å². The van der Waals surface area contributed by atoms with Gasteiger partial charge in [-0.3, -0.25) is 9.63 Å². The van der Waals surface area contributed by atoms with Crippen molar-refractivity contribution in [3.8, 4) is 0 Å². The Morgan fingerprint density at radius 3 is 2.43 bits per heavy atom. The molecule has 0 saturated carbocycles. The van der Waals surface area contributed by atoms with Crippen LogP contribution in [0.2, 0.25) is 5.02 Å². The number of rotatable bonds is 5. The highest BCUT2D eigenvalue weighted by atomic mass is 35.5. The summed E-state index contributed by atoms with van der Waals surface area (Å²) >= 11 is 11.3. The van der Waals surface area contributed by atoms with Crippen LogP contribution in [0.5, 0.6) is 0 Å². The maximum Gasteiger partial charge on any atom is 0.538 e. The summed E-state index contributed by atoms with van der Waals surface area (Å²) in [5.74, 6) is -1.45. The zero-order valence-electron chi connectivity index (χ0n) is 12.1. The molecule has 8 nitrogen and oxygen atoms in total. The Bertz CT molecular complexity index is 633. The second-order valence-electron chi connectivity index (χ2n) is 4.10. The van der Waals surface area contributed by atoms with Crippen LogP contribution in [0, 0.1) is 0 Å². The van der Waals surface area contributed by atoms with E-state index in [1.165, 1.54) is 26.2 Å². The maximum absolute atomic E-state index is 11.6. The Morgan fingerprint density at radius 2 is 1.83 bits per heavy atom. The van der Waals surface area contributed by atoms with Crippen LogP contribution in [0.3, 0.4) is 0 Å². The Balaban J connectivity index is 2.40. The van der Waals surface area contributed by atoms with Gasteiger partial charge in [-0.1, -0.05) is 40.5 Å². The van der Waals surface area contributed by atoms with Crippen molar-refractivity contribution in [2.24, 2.45) is 5.16 Å². The molecule has 0 fully saturated rings. The number of hydrogen-bond acceptors (Lipinski definition) is 7. The van der Waals surface area contributed by atoms with Gasteiger partial charge in [0.05, 0.1) is 10.6 Å². The molecule has 1 rings (SSSR count). The summed E-state index contributed by atoms with van der Waals surface area (Å²) in [4.78, 5) is 39.5. The average molecular weight is 363 g/mol. The highest BCUT2D eigenvalue weighted by Crippen LogP contribution is 2.15. The van der Waals surface area contributed by atoms with Crippen molar-refractivity contribution >= 4 is 46.4 Å². The molecule has 0 atom stereocenters. The van der Waals surface area contributed by atoms with Crippen LogP contribution in [0.15, 0.2) is 29.4 Å². The number of nitrogens with zero attached hydrogens (tertiary/aromatic N) is 2. The lowest BCUT2D eigenvalue weighted by Crippen LogP contribution is -2.27. The summed E-state index contributed by atoms with van der Waals surface area (Å²) in [6.07, 6.45) is -1.30. The van der Waals surface area contributed by atoms with Gasteiger partial charge in [-0.25, -0.2) is 9.59 Å². The quantitative estimate of drug-likeness (QED) is 0.262. The summed E-state index contributed by atoms with van der Waals surface area (Å²) in [5.41, 5.74) is 0.115. The summed E-state index contributed by atoms with van der Waals surface area (Å²) < 4.78 is 9.10. The van der Waals surface area contributed by atoms with Crippen LogP contribution in [0.25, 0.3) is 0 Å². The van der Waals surface area contributed by atoms with E-state index in [0.29, 0.717) is 0 Å². The Hall–Kier alpha value is -2.32. The van der Waals surface area contributed by atoms with Gasteiger partial charge in [0.25, 0.3) is 5.91 Å². The molecule has 0 aliphatic rings.